The van der Waals surface area contributed by atoms with E-state index >= 15 is 0 Å². The van der Waals surface area contributed by atoms with Crippen molar-refractivity contribution in [3.05, 3.63) is 82.3 Å². The summed E-state index contributed by atoms with van der Waals surface area (Å²) >= 11 is 1.75. The van der Waals surface area contributed by atoms with Gasteiger partial charge in [-0.3, -0.25) is 10.1 Å². The van der Waals surface area contributed by atoms with E-state index < -0.39 is 0 Å². The van der Waals surface area contributed by atoms with Gasteiger partial charge in [-0.2, -0.15) is 5.10 Å². The highest BCUT2D eigenvalue weighted by molar-refractivity contribution is 7.13. The highest BCUT2D eigenvalue weighted by Crippen LogP contribution is 2.37. The number of hydrogen-bond donors (Lipinski definition) is 4. The number of allylic oxidation sites excluding steroid dienone is 3. The maximum atomic E-state index is 6.52. The number of fused-ring (bicyclic) bond motifs is 1. The number of benzene rings is 1. The number of anilines is 2. The fraction of sp³-hybridized carbons (Fsp3) is 0.179. The molecule has 1 saturated heterocycles. The lowest BCUT2D eigenvalue weighted by Gasteiger charge is -2.37. The first-order valence-electron chi connectivity index (χ1n) is 12.2. The van der Waals surface area contributed by atoms with Crippen LogP contribution >= 0.6 is 11.3 Å². The number of nitrogens with one attached hydrogen (secondary N) is 2. The molecule has 1 aliphatic heterocycles. The molecule has 1 aromatic carbocycles. The van der Waals surface area contributed by atoms with Crippen LogP contribution in [-0.4, -0.2) is 44.3 Å². The number of nitrogens with zero attached hydrogens (tertiary/aromatic N) is 4. The molecule has 4 aromatic heterocycles. The predicted molar refractivity (Wildman–Crippen MR) is 152 cm³/mol. The normalized spacial score (nSPS) is 14.7. The molecule has 0 spiro atoms. The molecule has 1 fully saturated rings. The Kier molecular flexibility index (Phi) is 5.86. The lowest BCUT2D eigenvalue weighted by molar-refractivity contribution is 0.514. The molecule has 1 aliphatic rings. The maximum absolute atomic E-state index is 6.52. The summed E-state index contributed by atoms with van der Waals surface area (Å²) in [6.07, 6.45) is 9.73. The minimum Gasteiger partial charge on any atom is -0.385 e. The number of aryl methyl sites for hydroxylation is 1. The van der Waals surface area contributed by atoms with Crippen LogP contribution in [0, 0.1) is 6.92 Å². The summed E-state index contributed by atoms with van der Waals surface area (Å²) < 4.78 is 0. The molecule has 0 unspecified atom stereocenters. The van der Waals surface area contributed by atoms with E-state index in [9.17, 15) is 0 Å². The monoisotopic (exact) mass is 508 g/mol. The highest BCUT2D eigenvalue weighted by Gasteiger charge is 2.25. The molecule has 0 saturated carbocycles. The summed E-state index contributed by atoms with van der Waals surface area (Å²) in [5, 5.41) is 8.76. The number of aromatic nitrogens is 5. The van der Waals surface area contributed by atoms with Crippen LogP contribution in [0.1, 0.15) is 22.2 Å². The van der Waals surface area contributed by atoms with Crippen molar-refractivity contribution in [1.29, 1.82) is 0 Å². The van der Waals surface area contributed by atoms with Gasteiger partial charge in [-0.1, -0.05) is 24.3 Å². The summed E-state index contributed by atoms with van der Waals surface area (Å²) in [6.45, 7) is 5.72. The predicted octanol–water partition coefficient (Wildman–Crippen LogP) is 5.12. The topological polar surface area (TPSA) is 126 Å². The van der Waals surface area contributed by atoms with Gasteiger partial charge in [-0.05, 0) is 44.2 Å². The zero-order chi connectivity index (χ0) is 25.5. The van der Waals surface area contributed by atoms with E-state index in [0.717, 1.165) is 63.6 Å². The van der Waals surface area contributed by atoms with Crippen molar-refractivity contribution < 1.29 is 0 Å². The molecule has 6 N–H and O–H groups in total. The van der Waals surface area contributed by atoms with Crippen LogP contribution in [0.2, 0.25) is 0 Å². The van der Waals surface area contributed by atoms with Gasteiger partial charge < -0.3 is 21.4 Å². The Labute approximate surface area is 218 Å². The van der Waals surface area contributed by atoms with E-state index in [1.165, 1.54) is 9.75 Å². The smallest absolute Gasteiger partial charge is 0.147 e. The van der Waals surface area contributed by atoms with E-state index in [0.29, 0.717) is 5.82 Å². The fourth-order valence-electron chi connectivity index (χ4n) is 4.62. The minimum atomic E-state index is 0.200. The number of aromatic amines is 2. The van der Waals surface area contributed by atoms with Crippen LogP contribution in [0.4, 0.5) is 11.6 Å². The van der Waals surface area contributed by atoms with Gasteiger partial charge in [-0.25, -0.2) is 4.98 Å². The molecule has 0 radical (unpaired) electrons. The quantitative estimate of drug-likeness (QED) is 0.236. The van der Waals surface area contributed by atoms with Gasteiger partial charge in [0.2, 0.25) is 0 Å². The van der Waals surface area contributed by atoms with Gasteiger partial charge in [0.1, 0.15) is 17.3 Å². The molecule has 5 aromatic rings. The lowest BCUT2D eigenvalue weighted by atomic mass is 10.0. The van der Waals surface area contributed by atoms with Gasteiger partial charge in [0, 0.05) is 51.0 Å². The van der Waals surface area contributed by atoms with Crippen LogP contribution in [0.5, 0.6) is 0 Å². The number of hydrogen-bond acceptors (Lipinski definition) is 7. The maximum Gasteiger partial charge on any atom is 0.147 e. The summed E-state index contributed by atoms with van der Waals surface area (Å²) in [5.74, 6) is 1.45. The van der Waals surface area contributed by atoms with E-state index in [2.05, 4.69) is 62.3 Å². The van der Waals surface area contributed by atoms with E-state index in [4.69, 9.17) is 16.5 Å². The largest absolute Gasteiger partial charge is 0.385 e. The Morgan fingerprint density at radius 2 is 2.03 bits per heavy atom. The number of nitrogens with two attached hydrogens (primary N) is 2. The van der Waals surface area contributed by atoms with Gasteiger partial charge in [0.15, 0.2) is 0 Å². The van der Waals surface area contributed by atoms with Crippen molar-refractivity contribution in [2.24, 2.45) is 5.73 Å². The second-order valence-corrected chi connectivity index (χ2v) is 10.6. The van der Waals surface area contributed by atoms with Gasteiger partial charge in [-0.15, -0.1) is 11.3 Å². The first-order chi connectivity index (χ1) is 18.0. The van der Waals surface area contributed by atoms with Crippen LogP contribution in [-0.2, 0) is 0 Å². The zero-order valence-corrected chi connectivity index (χ0v) is 21.5. The fourth-order valence-corrected chi connectivity index (χ4v) is 5.53. The molecule has 186 valence electrons. The van der Waals surface area contributed by atoms with Crippen molar-refractivity contribution in [3.8, 4) is 22.6 Å². The molecule has 0 amide bonds. The van der Waals surface area contributed by atoms with E-state index in [1.807, 2.05) is 31.2 Å². The Morgan fingerprint density at radius 3 is 2.78 bits per heavy atom. The Bertz CT molecular complexity index is 1650. The molecule has 0 bridgehead atoms. The SMILES string of the molecule is CC=C/C=C(/c1ccc(C)s1)c1cc(-c2n[nH]c3ccc(-c4cncc(N5CC(N)C5)n4)cc23)[nH]c1N. The van der Waals surface area contributed by atoms with Crippen molar-refractivity contribution in [2.75, 3.05) is 23.7 Å². The van der Waals surface area contributed by atoms with Crippen molar-refractivity contribution in [1.82, 2.24) is 25.1 Å². The summed E-state index contributed by atoms with van der Waals surface area (Å²) in [5.41, 5.74) is 18.9. The first-order valence-corrected chi connectivity index (χ1v) is 13.0. The standard InChI is InChI=1S/C28H28N8S/c1-3-4-5-19(25-9-6-16(2)37-25)20-11-23(33-28(20)30)27-21-10-17(7-8-22(21)34-35-27)24-12-31-13-26(32-24)36-14-18(29)15-36/h3-13,18,33H,14-15,29-30H2,1-2H3,(H,34,35)/b4-3?,19-5+. The number of nitrogen functional groups attached to an aromatic ring is 1. The Balaban J connectivity index is 1.39. The Hall–Kier alpha value is -4.21. The van der Waals surface area contributed by atoms with E-state index in [-0.39, 0.29) is 6.04 Å². The average Bonchev–Trinajstić information content (AvgIpc) is 3.60. The molecular weight excluding hydrogens is 480 g/mol. The number of rotatable bonds is 6. The highest BCUT2D eigenvalue weighted by atomic mass is 32.1. The molecule has 6 rings (SSSR count). The van der Waals surface area contributed by atoms with E-state index in [1.54, 1.807) is 23.7 Å². The summed E-state index contributed by atoms with van der Waals surface area (Å²) in [7, 11) is 0. The van der Waals surface area contributed by atoms with Gasteiger partial charge >= 0.3 is 0 Å². The van der Waals surface area contributed by atoms with Crippen LogP contribution in [0.15, 0.2) is 67.0 Å². The third kappa shape index (κ3) is 4.32. The van der Waals surface area contributed by atoms with Crippen LogP contribution < -0.4 is 16.4 Å². The minimum absolute atomic E-state index is 0.200. The van der Waals surface area contributed by atoms with Crippen molar-refractivity contribution in [2.45, 2.75) is 19.9 Å². The van der Waals surface area contributed by atoms with Gasteiger partial charge in [0.05, 0.1) is 29.3 Å². The number of H-pyrrole nitrogens is 2. The summed E-state index contributed by atoms with van der Waals surface area (Å²) in [6, 6.07) is 12.7. The Morgan fingerprint density at radius 1 is 1.16 bits per heavy atom. The van der Waals surface area contributed by atoms with Gasteiger partial charge in [0.25, 0.3) is 0 Å². The van der Waals surface area contributed by atoms with Crippen molar-refractivity contribution >= 4 is 39.4 Å². The first kappa shape index (κ1) is 23.2. The van der Waals surface area contributed by atoms with Crippen LogP contribution in [0.25, 0.3) is 39.1 Å². The molecule has 5 heterocycles. The summed E-state index contributed by atoms with van der Waals surface area (Å²) in [4.78, 5) is 17.2. The van der Waals surface area contributed by atoms with Crippen molar-refractivity contribution in [3.63, 3.8) is 0 Å². The second kappa shape index (κ2) is 9.34. The molecule has 37 heavy (non-hydrogen) atoms. The number of thiophene rings is 1. The molecule has 0 atom stereocenters. The average molecular weight is 509 g/mol. The molecule has 8 nitrogen and oxygen atoms in total. The third-order valence-electron chi connectivity index (χ3n) is 6.57. The second-order valence-electron chi connectivity index (χ2n) is 9.29. The van der Waals surface area contributed by atoms with Crippen LogP contribution in [0.3, 0.4) is 0 Å². The molecule has 0 aliphatic carbocycles. The lowest BCUT2D eigenvalue weighted by Crippen LogP contribution is -2.56. The molecular formula is C28H28N8S. The zero-order valence-electron chi connectivity index (χ0n) is 20.7. The third-order valence-corrected chi connectivity index (χ3v) is 7.60. The molecule has 9 heteroatoms.